The summed E-state index contributed by atoms with van der Waals surface area (Å²) in [6.45, 7) is 10.4. The van der Waals surface area contributed by atoms with Crippen molar-refractivity contribution in [3.63, 3.8) is 0 Å². The van der Waals surface area contributed by atoms with Crippen LogP contribution in [0.25, 0.3) is 0 Å². The van der Waals surface area contributed by atoms with Crippen LogP contribution in [0.5, 0.6) is 0 Å². The standard InChI is InChI=1S/C18H36N4O5/c1-18(2,3)27-17(24)22-8-4-15(5-9-22)14-21-16(23)20-7-11-26-13-12-25-10-6-19/h15H,4-14,19H2,1-3H3,(H2,20,21,23). The summed E-state index contributed by atoms with van der Waals surface area (Å²) in [5.74, 6) is 0.366. The van der Waals surface area contributed by atoms with E-state index >= 15 is 0 Å². The first-order valence-electron chi connectivity index (χ1n) is 9.67. The zero-order chi connectivity index (χ0) is 20.1. The van der Waals surface area contributed by atoms with Crippen LogP contribution in [0.3, 0.4) is 0 Å². The van der Waals surface area contributed by atoms with Gasteiger partial charge in [0.05, 0.1) is 26.4 Å². The molecule has 1 saturated heterocycles. The summed E-state index contributed by atoms with van der Waals surface area (Å²) >= 11 is 0. The number of nitrogens with one attached hydrogen (secondary N) is 2. The number of nitrogens with zero attached hydrogens (tertiary/aromatic N) is 1. The number of carbonyl (C=O) groups excluding carboxylic acids is 2. The van der Waals surface area contributed by atoms with Crippen LogP contribution in [-0.4, -0.2) is 81.8 Å². The monoisotopic (exact) mass is 388 g/mol. The van der Waals surface area contributed by atoms with Gasteiger partial charge in [-0.3, -0.25) is 0 Å². The number of urea groups is 1. The zero-order valence-corrected chi connectivity index (χ0v) is 16.9. The van der Waals surface area contributed by atoms with Crippen molar-refractivity contribution in [1.29, 1.82) is 0 Å². The molecule has 9 heteroatoms. The lowest BCUT2D eigenvalue weighted by Crippen LogP contribution is -2.45. The van der Waals surface area contributed by atoms with Crippen LogP contribution in [-0.2, 0) is 14.2 Å². The Hall–Kier alpha value is -1.58. The fraction of sp³-hybridized carbons (Fsp3) is 0.889. The second-order valence-electron chi connectivity index (χ2n) is 7.56. The predicted molar refractivity (Wildman–Crippen MR) is 103 cm³/mol. The maximum absolute atomic E-state index is 12.0. The van der Waals surface area contributed by atoms with E-state index in [2.05, 4.69) is 10.6 Å². The number of hydrogen-bond acceptors (Lipinski definition) is 6. The number of piperidine rings is 1. The molecule has 1 rings (SSSR count). The second-order valence-corrected chi connectivity index (χ2v) is 7.56. The lowest BCUT2D eigenvalue weighted by atomic mass is 9.97. The number of amides is 3. The summed E-state index contributed by atoms with van der Waals surface area (Å²) in [6.07, 6.45) is 1.44. The molecule has 0 aromatic carbocycles. The molecule has 0 bridgehead atoms. The highest BCUT2D eigenvalue weighted by Crippen LogP contribution is 2.19. The molecule has 1 fully saturated rings. The highest BCUT2D eigenvalue weighted by atomic mass is 16.6. The maximum Gasteiger partial charge on any atom is 0.410 e. The largest absolute Gasteiger partial charge is 0.444 e. The van der Waals surface area contributed by atoms with E-state index in [1.165, 1.54) is 0 Å². The fourth-order valence-corrected chi connectivity index (χ4v) is 2.59. The second kappa shape index (κ2) is 12.7. The van der Waals surface area contributed by atoms with E-state index in [0.717, 1.165) is 12.8 Å². The molecule has 0 saturated carbocycles. The molecule has 0 spiro atoms. The topological polar surface area (TPSA) is 115 Å². The molecule has 27 heavy (non-hydrogen) atoms. The summed E-state index contributed by atoms with van der Waals surface area (Å²) < 4.78 is 15.9. The van der Waals surface area contributed by atoms with Crippen LogP contribution in [0, 0.1) is 5.92 Å². The Morgan fingerprint density at radius 3 is 2.26 bits per heavy atom. The highest BCUT2D eigenvalue weighted by molar-refractivity contribution is 5.73. The minimum Gasteiger partial charge on any atom is -0.444 e. The third-order valence-corrected chi connectivity index (χ3v) is 3.98. The van der Waals surface area contributed by atoms with Crippen molar-refractivity contribution in [2.75, 3.05) is 59.2 Å². The molecule has 9 nitrogen and oxygen atoms in total. The van der Waals surface area contributed by atoms with Gasteiger partial charge in [0.2, 0.25) is 0 Å². The molecule has 0 aromatic heterocycles. The van der Waals surface area contributed by atoms with Crippen LogP contribution in [0.1, 0.15) is 33.6 Å². The van der Waals surface area contributed by atoms with Crippen LogP contribution in [0.2, 0.25) is 0 Å². The van der Waals surface area contributed by atoms with Gasteiger partial charge in [-0.15, -0.1) is 0 Å². The Balaban J connectivity index is 2.04. The summed E-state index contributed by atoms with van der Waals surface area (Å²) in [7, 11) is 0. The van der Waals surface area contributed by atoms with Crippen molar-refractivity contribution >= 4 is 12.1 Å². The van der Waals surface area contributed by atoms with E-state index in [1.54, 1.807) is 4.90 Å². The van der Waals surface area contributed by atoms with Crippen molar-refractivity contribution < 1.29 is 23.8 Å². The minimum atomic E-state index is -0.477. The van der Waals surface area contributed by atoms with Crippen molar-refractivity contribution in [3.05, 3.63) is 0 Å². The fourth-order valence-electron chi connectivity index (χ4n) is 2.59. The zero-order valence-electron chi connectivity index (χ0n) is 16.9. The Morgan fingerprint density at radius 2 is 1.67 bits per heavy atom. The number of hydrogen-bond donors (Lipinski definition) is 3. The Morgan fingerprint density at radius 1 is 1.04 bits per heavy atom. The van der Waals surface area contributed by atoms with Gasteiger partial charge < -0.3 is 35.5 Å². The average Bonchev–Trinajstić information content (AvgIpc) is 2.61. The number of rotatable bonds is 10. The molecule has 0 aromatic rings. The summed E-state index contributed by atoms with van der Waals surface area (Å²) in [4.78, 5) is 25.6. The normalized spacial score (nSPS) is 15.5. The van der Waals surface area contributed by atoms with E-state index in [-0.39, 0.29) is 12.1 Å². The molecular weight excluding hydrogens is 352 g/mol. The first-order chi connectivity index (χ1) is 12.8. The Bertz CT molecular complexity index is 434. The first kappa shape index (κ1) is 23.5. The smallest absolute Gasteiger partial charge is 0.410 e. The molecule has 1 aliphatic rings. The van der Waals surface area contributed by atoms with E-state index in [9.17, 15) is 9.59 Å². The van der Waals surface area contributed by atoms with Crippen molar-refractivity contribution in [2.45, 2.75) is 39.2 Å². The van der Waals surface area contributed by atoms with Gasteiger partial charge in [-0.2, -0.15) is 0 Å². The third kappa shape index (κ3) is 11.7. The number of ether oxygens (including phenoxy) is 3. The quantitative estimate of drug-likeness (QED) is 0.480. The molecule has 158 valence electrons. The SMILES string of the molecule is CC(C)(C)OC(=O)N1CCC(CNC(=O)NCCOCCOCCN)CC1. The Kier molecular flexibility index (Phi) is 11.1. The van der Waals surface area contributed by atoms with Gasteiger partial charge in [0.1, 0.15) is 5.60 Å². The molecule has 3 amide bonds. The van der Waals surface area contributed by atoms with E-state index in [4.69, 9.17) is 19.9 Å². The van der Waals surface area contributed by atoms with E-state index in [1.807, 2.05) is 20.8 Å². The lowest BCUT2D eigenvalue weighted by Gasteiger charge is -2.33. The number of nitrogens with two attached hydrogens (primary N) is 1. The molecule has 0 atom stereocenters. The highest BCUT2D eigenvalue weighted by Gasteiger charge is 2.26. The summed E-state index contributed by atoms with van der Waals surface area (Å²) in [5.41, 5.74) is 4.83. The predicted octanol–water partition coefficient (Wildman–Crippen LogP) is 0.925. The van der Waals surface area contributed by atoms with E-state index < -0.39 is 5.60 Å². The number of carbonyl (C=O) groups is 2. The molecule has 0 aliphatic carbocycles. The van der Waals surface area contributed by atoms with Crippen LogP contribution >= 0.6 is 0 Å². The van der Waals surface area contributed by atoms with Gasteiger partial charge in [-0.05, 0) is 39.5 Å². The van der Waals surface area contributed by atoms with Gasteiger partial charge >= 0.3 is 12.1 Å². The lowest BCUT2D eigenvalue weighted by molar-refractivity contribution is 0.0184. The van der Waals surface area contributed by atoms with Gasteiger partial charge in [0.25, 0.3) is 0 Å². The Labute approximate surface area is 162 Å². The van der Waals surface area contributed by atoms with Crippen LogP contribution in [0.15, 0.2) is 0 Å². The molecule has 0 radical (unpaired) electrons. The minimum absolute atomic E-state index is 0.201. The van der Waals surface area contributed by atoms with Gasteiger partial charge in [0, 0.05) is 32.7 Å². The van der Waals surface area contributed by atoms with E-state index in [0.29, 0.717) is 65.1 Å². The van der Waals surface area contributed by atoms with Gasteiger partial charge in [-0.25, -0.2) is 9.59 Å². The molecule has 0 unspecified atom stereocenters. The summed E-state index contributed by atoms with van der Waals surface area (Å²) in [5, 5.41) is 5.63. The molecule has 1 heterocycles. The van der Waals surface area contributed by atoms with Crippen molar-refractivity contribution in [2.24, 2.45) is 11.7 Å². The third-order valence-electron chi connectivity index (χ3n) is 3.98. The molecule has 1 aliphatic heterocycles. The van der Waals surface area contributed by atoms with Gasteiger partial charge in [-0.1, -0.05) is 0 Å². The molecule has 4 N–H and O–H groups in total. The first-order valence-corrected chi connectivity index (χ1v) is 9.67. The maximum atomic E-state index is 12.0. The van der Waals surface area contributed by atoms with Crippen LogP contribution < -0.4 is 16.4 Å². The van der Waals surface area contributed by atoms with Crippen molar-refractivity contribution in [1.82, 2.24) is 15.5 Å². The number of likely N-dealkylation sites (tertiary alicyclic amines) is 1. The van der Waals surface area contributed by atoms with Gasteiger partial charge in [0.15, 0.2) is 0 Å². The average molecular weight is 389 g/mol. The van der Waals surface area contributed by atoms with Crippen LogP contribution in [0.4, 0.5) is 9.59 Å². The van der Waals surface area contributed by atoms with Crippen molar-refractivity contribution in [3.8, 4) is 0 Å². The molecular formula is C18H36N4O5. The summed E-state index contributed by atoms with van der Waals surface area (Å²) in [6, 6.07) is -0.201.